The molecule has 0 fully saturated rings. The Labute approximate surface area is 172 Å². The fraction of sp³-hybridized carbons (Fsp3) is 0.167. The summed E-state index contributed by atoms with van der Waals surface area (Å²) in [6.07, 6.45) is 2.98. The maximum atomic E-state index is 13.1. The van der Waals surface area contributed by atoms with Gasteiger partial charge in [-0.3, -0.25) is 4.79 Å². The van der Waals surface area contributed by atoms with Gasteiger partial charge >= 0.3 is 0 Å². The van der Waals surface area contributed by atoms with Crippen LogP contribution in [0.3, 0.4) is 0 Å². The Morgan fingerprint density at radius 2 is 1.83 bits per heavy atom. The second kappa shape index (κ2) is 6.71. The Kier molecular flexibility index (Phi) is 4.14. The van der Waals surface area contributed by atoms with Gasteiger partial charge in [-0.25, -0.2) is 9.38 Å². The second-order valence-electron chi connectivity index (χ2n) is 7.28. The van der Waals surface area contributed by atoms with Gasteiger partial charge in [0.15, 0.2) is 4.96 Å². The molecule has 0 aliphatic carbocycles. The molecular formula is C24H21N3OS. The van der Waals surface area contributed by atoms with Crippen LogP contribution in [-0.4, -0.2) is 14.0 Å². The van der Waals surface area contributed by atoms with E-state index in [0.29, 0.717) is 4.53 Å². The van der Waals surface area contributed by atoms with Crippen LogP contribution in [0.2, 0.25) is 0 Å². The highest BCUT2D eigenvalue weighted by molar-refractivity contribution is 7.15. The van der Waals surface area contributed by atoms with Crippen molar-refractivity contribution >= 4 is 33.4 Å². The first-order valence-corrected chi connectivity index (χ1v) is 10.6. The van der Waals surface area contributed by atoms with Crippen molar-refractivity contribution in [3.8, 4) is 5.69 Å². The van der Waals surface area contributed by atoms with Crippen LogP contribution in [0.15, 0.2) is 59.4 Å². The molecular weight excluding hydrogens is 378 g/mol. The SMILES string of the molecule is CCc1ccccc1-n1c(C)cc(/C=c2\sc3nc4ccccc4n3c2=O)c1C. The smallest absolute Gasteiger partial charge is 0.274 e. The molecule has 0 aliphatic rings. The van der Waals surface area contributed by atoms with Gasteiger partial charge in [0.1, 0.15) is 0 Å². The summed E-state index contributed by atoms with van der Waals surface area (Å²) in [5.41, 5.74) is 7.61. The van der Waals surface area contributed by atoms with Gasteiger partial charge < -0.3 is 4.57 Å². The highest BCUT2D eigenvalue weighted by Crippen LogP contribution is 2.24. The number of aromatic nitrogens is 3. The van der Waals surface area contributed by atoms with E-state index < -0.39 is 0 Å². The van der Waals surface area contributed by atoms with Crippen LogP contribution in [0.5, 0.6) is 0 Å². The minimum atomic E-state index is -0.00235. The van der Waals surface area contributed by atoms with Crippen LogP contribution in [0, 0.1) is 13.8 Å². The van der Waals surface area contributed by atoms with E-state index >= 15 is 0 Å². The second-order valence-corrected chi connectivity index (χ2v) is 8.29. The van der Waals surface area contributed by atoms with E-state index in [9.17, 15) is 4.79 Å². The molecule has 29 heavy (non-hydrogen) atoms. The number of hydrogen-bond acceptors (Lipinski definition) is 3. The molecule has 0 saturated heterocycles. The zero-order chi connectivity index (χ0) is 20.1. The first-order chi connectivity index (χ1) is 14.1. The Morgan fingerprint density at radius 3 is 2.66 bits per heavy atom. The molecule has 0 aliphatic heterocycles. The standard InChI is InChI=1S/C24H21N3OS/c1-4-17-9-5-7-11-20(17)26-15(2)13-18(16(26)3)14-22-23(28)27-21-12-8-6-10-19(21)25-24(27)29-22/h5-14H,4H2,1-3H3/b22-14-. The normalized spacial score (nSPS) is 12.4. The Balaban J connectivity index is 1.71. The molecule has 0 unspecified atom stereocenters. The predicted molar refractivity (Wildman–Crippen MR) is 120 cm³/mol. The summed E-state index contributed by atoms with van der Waals surface area (Å²) in [7, 11) is 0. The molecule has 0 bridgehead atoms. The quantitative estimate of drug-likeness (QED) is 0.450. The largest absolute Gasteiger partial charge is 0.318 e. The molecule has 5 rings (SSSR count). The van der Waals surface area contributed by atoms with Gasteiger partial charge in [-0.1, -0.05) is 48.6 Å². The van der Waals surface area contributed by atoms with Gasteiger partial charge in [0.25, 0.3) is 5.56 Å². The van der Waals surface area contributed by atoms with E-state index in [0.717, 1.165) is 39.4 Å². The number of thiazole rings is 1. The summed E-state index contributed by atoms with van der Waals surface area (Å²) < 4.78 is 4.71. The molecule has 0 N–H and O–H groups in total. The van der Waals surface area contributed by atoms with Crippen molar-refractivity contribution in [2.24, 2.45) is 0 Å². The minimum absolute atomic E-state index is 0.00235. The average molecular weight is 400 g/mol. The number of benzene rings is 2. The maximum Gasteiger partial charge on any atom is 0.274 e. The van der Waals surface area contributed by atoms with Crippen molar-refractivity contribution in [2.45, 2.75) is 27.2 Å². The van der Waals surface area contributed by atoms with E-state index in [1.54, 1.807) is 4.40 Å². The molecule has 0 spiro atoms. The van der Waals surface area contributed by atoms with Crippen molar-refractivity contribution in [3.63, 3.8) is 0 Å². The molecule has 5 heteroatoms. The molecule has 0 atom stereocenters. The highest BCUT2D eigenvalue weighted by atomic mass is 32.1. The van der Waals surface area contributed by atoms with Gasteiger partial charge in [0.05, 0.1) is 15.6 Å². The van der Waals surface area contributed by atoms with Crippen LogP contribution >= 0.6 is 11.3 Å². The molecule has 0 radical (unpaired) electrons. The Bertz CT molecular complexity index is 1490. The van der Waals surface area contributed by atoms with Crippen molar-refractivity contribution in [1.82, 2.24) is 14.0 Å². The number of aryl methyl sites for hydroxylation is 2. The average Bonchev–Trinajstić information content (AvgIpc) is 3.33. The van der Waals surface area contributed by atoms with Crippen molar-refractivity contribution < 1.29 is 0 Å². The van der Waals surface area contributed by atoms with Crippen molar-refractivity contribution in [3.05, 3.63) is 92.0 Å². The number of imidazole rings is 1. The Morgan fingerprint density at radius 1 is 1.07 bits per heavy atom. The predicted octanol–water partition coefficient (Wildman–Crippen LogP) is 4.43. The molecule has 0 saturated carbocycles. The van der Waals surface area contributed by atoms with Crippen LogP contribution in [-0.2, 0) is 6.42 Å². The number of rotatable bonds is 3. The monoisotopic (exact) mass is 399 g/mol. The van der Waals surface area contributed by atoms with E-state index in [1.807, 2.05) is 30.3 Å². The third-order valence-corrected chi connectivity index (χ3v) is 6.48. The van der Waals surface area contributed by atoms with Gasteiger partial charge in [-0.15, -0.1) is 0 Å². The lowest BCUT2D eigenvalue weighted by Crippen LogP contribution is -2.22. The minimum Gasteiger partial charge on any atom is -0.318 e. The maximum absolute atomic E-state index is 13.1. The molecule has 0 amide bonds. The number of fused-ring (bicyclic) bond motifs is 3. The first kappa shape index (κ1) is 17.9. The summed E-state index contributed by atoms with van der Waals surface area (Å²) in [6.45, 7) is 6.41. The van der Waals surface area contributed by atoms with E-state index in [1.165, 1.54) is 22.6 Å². The van der Waals surface area contributed by atoms with Crippen LogP contribution in [0.1, 0.15) is 29.4 Å². The lowest BCUT2D eigenvalue weighted by atomic mass is 10.1. The van der Waals surface area contributed by atoms with Crippen LogP contribution in [0.25, 0.3) is 27.8 Å². The molecule has 3 heterocycles. The van der Waals surface area contributed by atoms with E-state index in [2.05, 4.69) is 60.7 Å². The molecule has 4 nitrogen and oxygen atoms in total. The zero-order valence-electron chi connectivity index (χ0n) is 16.6. The zero-order valence-corrected chi connectivity index (χ0v) is 17.5. The molecule has 5 aromatic rings. The lowest BCUT2D eigenvalue weighted by molar-refractivity contribution is 0.936. The summed E-state index contributed by atoms with van der Waals surface area (Å²) in [5, 5.41) is 0. The molecule has 3 aromatic heterocycles. The summed E-state index contributed by atoms with van der Waals surface area (Å²) in [6, 6.07) is 18.4. The fourth-order valence-electron chi connectivity index (χ4n) is 4.09. The topological polar surface area (TPSA) is 39.3 Å². The van der Waals surface area contributed by atoms with E-state index in [4.69, 9.17) is 0 Å². The number of nitrogens with zero attached hydrogens (tertiary/aromatic N) is 3. The molecule has 144 valence electrons. The summed E-state index contributed by atoms with van der Waals surface area (Å²) >= 11 is 1.45. The van der Waals surface area contributed by atoms with Gasteiger partial charge in [-0.2, -0.15) is 0 Å². The van der Waals surface area contributed by atoms with Gasteiger partial charge in [-0.05, 0) is 61.7 Å². The van der Waals surface area contributed by atoms with Crippen molar-refractivity contribution in [2.75, 3.05) is 0 Å². The fourth-order valence-corrected chi connectivity index (χ4v) is 5.06. The van der Waals surface area contributed by atoms with E-state index in [-0.39, 0.29) is 5.56 Å². The van der Waals surface area contributed by atoms with Gasteiger partial charge in [0.2, 0.25) is 0 Å². The summed E-state index contributed by atoms with van der Waals surface area (Å²) in [5.74, 6) is 0. The molecule has 2 aromatic carbocycles. The Hall–Kier alpha value is -3.18. The highest BCUT2D eigenvalue weighted by Gasteiger charge is 2.14. The first-order valence-electron chi connectivity index (χ1n) is 9.77. The summed E-state index contributed by atoms with van der Waals surface area (Å²) in [4.78, 5) is 18.4. The number of hydrogen-bond donors (Lipinski definition) is 0. The van der Waals surface area contributed by atoms with Crippen LogP contribution < -0.4 is 10.1 Å². The van der Waals surface area contributed by atoms with Crippen molar-refractivity contribution in [1.29, 1.82) is 0 Å². The number of para-hydroxylation sites is 3. The third kappa shape index (κ3) is 2.73. The van der Waals surface area contributed by atoms with Gasteiger partial charge in [0, 0.05) is 17.1 Å². The third-order valence-electron chi connectivity index (χ3n) is 5.52. The van der Waals surface area contributed by atoms with Crippen LogP contribution in [0.4, 0.5) is 0 Å². The lowest BCUT2D eigenvalue weighted by Gasteiger charge is -2.13.